The molecule has 0 saturated heterocycles. The van der Waals surface area contributed by atoms with Gasteiger partial charge in [0.2, 0.25) is 5.95 Å². The summed E-state index contributed by atoms with van der Waals surface area (Å²) in [5.74, 6) is 0.526. The van der Waals surface area contributed by atoms with Crippen molar-refractivity contribution in [2.45, 2.75) is 34.1 Å². The van der Waals surface area contributed by atoms with Gasteiger partial charge in [0.05, 0.1) is 0 Å². The van der Waals surface area contributed by atoms with Crippen molar-refractivity contribution >= 4 is 11.6 Å². The third kappa shape index (κ3) is 2.45. The molecule has 102 valence electrons. The van der Waals surface area contributed by atoms with E-state index in [0.717, 1.165) is 30.8 Å². The first-order valence-electron chi connectivity index (χ1n) is 6.70. The fourth-order valence-corrected chi connectivity index (χ4v) is 2.15. The van der Waals surface area contributed by atoms with Crippen LogP contribution >= 0.6 is 0 Å². The summed E-state index contributed by atoms with van der Waals surface area (Å²) < 4.78 is 1.57. The molecule has 0 aliphatic heterocycles. The van der Waals surface area contributed by atoms with E-state index in [0.29, 0.717) is 11.6 Å². The number of anilines is 1. The van der Waals surface area contributed by atoms with Crippen molar-refractivity contribution in [2.75, 3.05) is 18.0 Å². The quantitative estimate of drug-likeness (QED) is 0.843. The fraction of sp³-hybridized carbons (Fsp3) is 0.500. The number of pyridine rings is 1. The molecule has 0 bridgehead atoms. The van der Waals surface area contributed by atoms with E-state index in [1.165, 1.54) is 0 Å². The van der Waals surface area contributed by atoms with Gasteiger partial charge >= 0.3 is 5.69 Å². The Morgan fingerprint density at radius 3 is 2.58 bits per heavy atom. The molecule has 0 aliphatic rings. The Hall–Kier alpha value is -1.91. The van der Waals surface area contributed by atoms with E-state index in [4.69, 9.17) is 0 Å². The number of aromatic nitrogens is 3. The van der Waals surface area contributed by atoms with Crippen molar-refractivity contribution in [3.05, 3.63) is 33.9 Å². The van der Waals surface area contributed by atoms with Crippen LogP contribution in [0.3, 0.4) is 0 Å². The minimum Gasteiger partial charge on any atom is -0.341 e. The molecule has 5 nitrogen and oxygen atoms in total. The van der Waals surface area contributed by atoms with Crippen molar-refractivity contribution in [1.29, 1.82) is 0 Å². The maximum atomic E-state index is 12.2. The average Bonchev–Trinajstić information content (AvgIpc) is 2.39. The summed E-state index contributed by atoms with van der Waals surface area (Å²) in [4.78, 5) is 22.8. The zero-order chi connectivity index (χ0) is 14.0. The van der Waals surface area contributed by atoms with Crippen LogP contribution < -0.4 is 10.6 Å². The van der Waals surface area contributed by atoms with Crippen molar-refractivity contribution < 1.29 is 0 Å². The Balaban J connectivity index is 2.63. The molecule has 2 rings (SSSR count). The van der Waals surface area contributed by atoms with Gasteiger partial charge in [0.25, 0.3) is 0 Å². The molecule has 0 saturated carbocycles. The maximum Gasteiger partial charge on any atom is 0.356 e. The van der Waals surface area contributed by atoms with Crippen molar-refractivity contribution in [1.82, 2.24) is 14.4 Å². The molecule has 0 radical (unpaired) electrons. The smallest absolute Gasteiger partial charge is 0.341 e. The first-order chi connectivity index (χ1) is 9.08. The second-order valence-corrected chi connectivity index (χ2v) is 4.68. The molecule has 0 N–H and O–H groups in total. The van der Waals surface area contributed by atoms with Gasteiger partial charge < -0.3 is 4.90 Å². The summed E-state index contributed by atoms with van der Waals surface area (Å²) in [5, 5.41) is 0. The van der Waals surface area contributed by atoms with Gasteiger partial charge in [-0.3, -0.25) is 0 Å². The zero-order valence-corrected chi connectivity index (χ0v) is 12.0. The third-order valence-corrected chi connectivity index (χ3v) is 3.38. The Morgan fingerprint density at radius 2 is 1.95 bits per heavy atom. The predicted molar refractivity (Wildman–Crippen MR) is 76.9 cm³/mol. The molecule has 0 spiro atoms. The van der Waals surface area contributed by atoms with Gasteiger partial charge in [0.1, 0.15) is 5.65 Å². The summed E-state index contributed by atoms with van der Waals surface area (Å²) in [6, 6.07) is 3.85. The highest BCUT2D eigenvalue weighted by Crippen LogP contribution is 2.11. The molecule has 0 atom stereocenters. The van der Waals surface area contributed by atoms with Gasteiger partial charge in [-0.2, -0.15) is 9.97 Å². The standard InChI is InChI=1S/C14H20N4O/c1-5-9-17(6-2)13-15-12-8-7-10(3)11(4)18(12)14(19)16-13/h7-8H,5-6,9H2,1-4H3. The lowest BCUT2D eigenvalue weighted by Crippen LogP contribution is -2.30. The molecule has 0 amide bonds. The van der Waals surface area contributed by atoms with Crippen molar-refractivity contribution in [2.24, 2.45) is 0 Å². The number of hydrogen-bond donors (Lipinski definition) is 0. The lowest BCUT2D eigenvalue weighted by molar-refractivity contribution is 0.748. The van der Waals surface area contributed by atoms with Gasteiger partial charge in [-0.05, 0) is 38.8 Å². The Bertz CT molecular complexity index is 648. The van der Waals surface area contributed by atoms with Crippen molar-refractivity contribution in [3.63, 3.8) is 0 Å². The monoisotopic (exact) mass is 260 g/mol. The minimum absolute atomic E-state index is 0.254. The third-order valence-electron chi connectivity index (χ3n) is 3.38. The average molecular weight is 260 g/mol. The van der Waals surface area contributed by atoms with Crippen LogP contribution in [0, 0.1) is 13.8 Å². The molecule has 0 aromatic carbocycles. The Labute approximate surface area is 112 Å². The molecule has 5 heteroatoms. The van der Waals surface area contributed by atoms with Gasteiger partial charge in [-0.1, -0.05) is 13.0 Å². The van der Waals surface area contributed by atoms with Crippen LogP contribution in [-0.2, 0) is 0 Å². The van der Waals surface area contributed by atoms with E-state index in [9.17, 15) is 4.79 Å². The lowest BCUT2D eigenvalue weighted by Gasteiger charge is -2.20. The molecule has 0 aliphatic carbocycles. The van der Waals surface area contributed by atoms with Gasteiger partial charge in [0.15, 0.2) is 0 Å². The van der Waals surface area contributed by atoms with Crippen LogP contribution in [0.15, 0.2) is 16.9 Å². The zero-order valence-electron chi connectivity index (χ0n) is 12.0. The molecule has 2 aromatic heterocycles. The normalized spacial score (nSPS) is 10.9. The van der Waals surface area contributed by atoms with Crippen LogP contribution in [0.1, 0.15) is 31.5 Å². The predicted octanol–water partition coefficient (Wildman–Crippen LogP) is 1.94. The molecule has 2 heterocycles. The summed E-state index contributed by atoms with van der Waals surface area (Å²) in [6.07, 6.45) is 1.00. The van der Waals surface area contributed by atoms with E-state index in [1.807, 2.05) is 37.8 Å². The molecule has 0 fully saturated rings. The fourth-order valence-electron chi connectivity index (χ4n) is 2.15. The van der Waals surface area contributed by atoms with Crippen LogP contribution in [0.4, 0.5) is 5.95 Å². The highest BCUT2D eigenvalue weighted by Gasteiger charge is 2.11. The molecular formula is C14H20N4O. The highest BCUT2D eigenvalue weighted by atomic mass is 16.1. The number of rotatable bonds is 4. The first kappa shape index (κ1) is 13.5. The highest BCUT2D eigenvalue weighted by molar-refractivity contribution is 5.46. The van der Waals surface area contributed by atoms with Crippen molar-refractivity contribution in [3.8, 4) is 0 Å². The van der Waals surface area contributed by atoms with E-state index in [2.05, 4.69) is 16.9 Å². The SMILES string of the molecule is CCCN(CC)c1nc(=O)n2c(C)c(C)ccc2n1. The van der Waals surface area contributed by atoms with E-state index in [-0.39, 0.29) is 5.69 Å². The first-order valence-corrected chi connectivity index (χ1v) is 6.70. The molecule has 2 aromatic rings. The van der Waals surface area contributed by atoms with Crippen LogP contribution in [0.25, 0.3) is 5.65 Å². The number of fused-ring (bicyclic) bond motifs is 1. The molecule has 0 unspecified atom stereocenters. The number of hydrogen-bond acceptors (Lipinski definition) is 4. The summed E-state index contributed by atoms with van der Waals surface area (Å²) in [7, 11) is 0. The number of aryl methyl sites for hydroxylation is 2. The summed E-state index contributed by atoms with van der Waals surface area (Å²) >= 11 is 0. The second kappa shape index (κ2) is 5.38. The van der Waals surface area contributed by atoms with Crippen LogP contribution in [0.2, 0.25) is 0 Å². The minimum atomic E-state index is -0.254. The van der Waals surface area contributed by atoms with Gasteiger partial charge in [-0.15, -0.1) is 0 Å². The Morgan fingerprint density at radius 1 is 1.21 bits per heavy atom. The topological polar surface area (TPSA) is 50.5 Å². The number of nitrogens with zero attached hydrogens (tertiary/aromatic N) is 4. The van der Waals surface area contributed by atoms with Crippen LogP contribution in [0.5, 0.6) is 0 Å². The molecule has 19 heavy (non-hydrogen) atoms. The van der Waals surface area contributed by atoms with E-state index in [1.54, 1.807) is 4.40 Å². The largest absolute Gasteiger partial charge is 0.356 e. The summed E-state index contributed by atoms with van der Waals surface area (Å²) in [6.45, 7) is 9.69. The lowest BCUT2D eigenvalue weighted by atomic mass is 10.2. The Kier molecular flexibility index (Phi) is 3.83. The van der Waals surface area contributed by atoms with E-state index >= 15 is 0 Å². The summed E-state index contributed by atoms with van der Waals surface area (Å²) in [5.41, 5.74) is 2.36. The van der Waals surface area contributed by atoms with Gasteiger partial charge in [-0.25, -0.2) is 9.20 Å². The second-order valence-electron chi connectivity index (χ2n) is 4.68. The van der Waals surface area contributed by atoms with E-state index < -0.39 is 0 Å². The molecular weight excluding hydrogens is 240 g/mol. The van der Waals surface area contributed by atoms with Gasteiger partial charge in [0, 0.05) is 18.8 Å². The maximum absolute atomic E-state index is 12.2. The van der Waals surface area contributed by atoms with Crippen LogP contribution in [-0.4, -0.2) is 27.5 Å².